The smallest absolute Gasteiger partial charge is 0.273 e. The van der Waals surface area contributed by atoms with Crippen LogP contribution >= 0.6 is 11.6 Å². The first kappa shape index (κ1) is 16.1. The van der Waals surface area contributed by atoms with Gasteiger partial charge in [0.2, 0.25) is 0 Å². The number of nitrogens with one attached hydrogen (secondary N) is 3. The van der Waals surface area contributed by atoms with E-state index in [9.17, 15) is 9.59 Å². The van der Waals surface area contributed by atoms with Gasteiger partial charge in [-0.25, -0.2) is 0 Å². The van der Waals surface area contributed by atoms with Crippen molar-refractivity contribution in [2.24, 2.45) is 0 Å². The van der Waals surface area contributed by atoms with Gasteiger partial charge in [0.1, 0.15) is 5.69 Å². The molecule has 5 nitrogen and oxygen atoms in total. The fourth-order valence-corrected chi connectivity index (χ4v) is 2.90. The maximum atomic E-state index is 12.6. The van der Waals surface area contributed by atoms with E-state index in [2.05, 4.69) is 15.6 Å². The minimum Gasteiger partial charge on any atom is -0.355 e. The molecule has 0 bridgehead atoms. The minimum atomic E-state index is -0.353. The number of hydrogen-bond acceptors (Lipinski definition) is 2. The van der Waals surface area contributed by atoms with Crippen molar-refractivity contribution in [3.05, 3.63) is 64.3 Å². The highest BCUT2D eigenvalue weighted by atomic mass is 35.5. The fraction of sp³-hybridized carbons (Fsp3) is 0.111. The number of amides is 2. The first-order valence-electron chi connectivity index (χ1n) is 7.42. The van der Waals surface area contributed by atoms with Gasteiger partial charge >= 0.3 is 0 Å². The number of hydrogen-bond donors (Lipinski definition) is 3. The molecule has 2 amide bonds. The van der Waals surface area contributed by atoms with Crippen LogP contribution in [0.1, 0.15) is 26.4 Å². The maximum absolute atomic E-state index is 12.6. The fourth-order valence-electron chi connectivity index (χ4n) is 2.60. The molecule has 0 aliphatic rings. The lowest BCUT2D eigenvalue weighted by atomic mass is 10.1. The lowest BCUT2D eigenvalue weighted by Crippen LogP contribution is -2.20. The Labute approximate surface area is 144 Å². The molecule has 0 spiro atoms. The van der Waals surface area contributed by atoms with E-state index in [0.717, 1.165) is 10.9 Å². The zero-order valence-electron chi connectivity index (χ0n) is 13.2. The van der Waals surface area contributed by atoms with Gasteiger partial charge in [0.25, 0.3) is 11.8 Å². The first-order chi connectivity index (χ1) is 11.5. The third-order valence-electron chi connectivity index (χ3n) is 3.92. The van der Waals surface area contributed by atoms with Crippen LogP contribution < -0.4 is 10.6 Å². The monoisotopic (exact) mass is 341 g/mol. The van der Waals surface area contributed by atoms with E-state index in [-0.39, 0.29) is 11.8 Å². The van der Waals surface area contributed by atoms with Crippen molar-refractivity contribution in [3.8, 4) is 0 Å². The Hall–Kier alpha value is -2.79. The second-order valence-corrected chi connectivity index (χ2v) is 5.75. The molecule has 0 fully saturated rings. The number of rotatable bonds is 3. The van der Waals surface area contributed by atoms with Crippen molar-refractivity contribution in [2.45, 2.75) is 6.92 Å². The van der Waals surface area contributed by atoms with Crippen LogP contribution in [0, 0.1) is 6.92 Å². The molecule has 0 saturated heterocycles. The average molecular weight is 342 g/mol. The number of aromatic amines is 1. The summed E-state index contributed by atoms with van der Waals surface area (Å²) < 4.78 is 0. The molecule has 3 aromatic rings. The summed E-state index contributed by atoms with van der Waals surface area (Å²) in [5.74, 6) is -0.555. The number of anilines is 1. The SMILES string of the molecule is CNC(=O)c1cccc(NC(=O)c2[nH]c3ccccc3c2Cl)c1C. The Morgan fingerprint density at radius 3 is 2.50 bits per heavy atom. The van der Waals surface area contributed by atoms with E-state index in [1.54, 1.807) is 32.2 Å². The van der Waals surface area contributed by atoms with Crippen LogP contribution in [0.3, 0.4) is 0 Å². The van der Waals surface area contributed by atoms with Gasteiger partial charge in [-0.3, -0.25) is 9.59 Å². The summed E-state index contributed by atoms with van der Waals surface area (Å²) in [6.07, 6.45) is 0. The van der Waals surface area contributed by atoms with Crippen LogP contribution in [-0.4, -0.2) is 23.8 Å². The maximum Gasteiger partial charge on any atom is 0.273 e. The van der Waals surface area contributed by atoms with Gasteiger partial charge in [-0.15, -0.1) is 0 Å². The molecule has 2 aromatic carbocycles. The molecule has 24 heavy (non-hydrogen) atoms. The van der Waals surface area contributed by atoms with Gasteiger partial charge < -0.3 is 15.6 Å². The van der Waals surface area contributed by atoms with E-state index in [1.807, 2.05) is 24.3 Å². The van der Waals surface area contributed by atoms with Gasteiger partial charge in [0, 0.05) is 29.2 Å². The zero-order chi connectivity index (χ0) is 17.3. The molecule has 0 aliphatic heterocycles. The van der Waals surface area contributed by atoms with Crippen molar-refractivity contribution in [1.29, 1.82) is 0 Å². The molecule has 122 valence electrons. The van der Waals surface area contributed by atoms with Crippen LogP contribution in [0.4, 0.5) is 5.69 Å². The lowest BCUT2D eigenvalue weighted by molar-refractivity contribution is 0.0960. The molecule has 1 heterocycles. The molecule has 3 rings (SSSR count). The van der Waals surface area contributed by atoms with Gasteiger partial charge in [-0.2, -0.15) is 0 Å². The Bertz CT molecular complexity index is 947. The van der Waals surface area contributed by atoms with Gasteiger partial charge in [-0.1, -0.05) is 35.9 Å². The largest absolute Gasteiger partial charge is 0.355 e. The van der Waals surface area contributed by atoms with Crippen molar-refractivity contribution >= 4 is 40.0 Å². The summed E-state index contributed by atoms with van der Waals surface area (Å²) in [5, 5.41) is 6.57. The van der Waals surface area contributed by atoms with Gasteiger partial charge in [0.15, 0.2) is 0 Å². The second-order valence-electron chi connectivity index (χ2n) is 5.37. The number of aromatic nitrogens is 1. The van der Waals surface area contributed by atoms with Crippen LogP contribution in [-0.2, 0) is 0 Å². The van der Waals surface area contributed by atoms with Crippen molar-refractivity contribution in [1.82, 2.24) is 10.3 Å². The number of fused-ring (bicyclic) bond motifs is 1. The predicted octanol–water partition coefficient (Wildman–Crippen LogP) is 3.74. The van der Waals surface area contributed by atoms with Gasteiger partial charge in [0.05, 0.1) is 5.02 Å². The topological polar surface area (TPSA) is 74.0 Å². The molecular weight excluding hydrogens is 326 g/mol. The predicted molar refractivity (Wildman–Crippen MR) is 95.8 cm³/mol. The highest BCUT2D eigenvalue weighted by Crippen LogP contribution is 2.28. The van der Waals surface area contributed by atoms with E-state index in [1.165, 1.54) is 0 Å². The van der Waals surface area contributed by atoms with Crippen molar-refractivity contribution < 1.29 is 9.59 Å². The summed E-state index contributed by atoms with van der Waals surface area (Å²) in [6.45, 7) is 1.78. The lowest BCUT2D eigenvalue weighted by Gasteiger charge is -2.11. The number of carbonyl (C=O) groups is 2. The van der Waals surface area contributed by atoms with E-state index in [4.69, 9.17) is 11.6 Å². The average Bonchev–Trinajstić information content (AvgIpc) is 2.93. The Morgan fingerprint density at radius 2 is 1.79 bits per heavy atom. The number of benzene rings is 2. The number of para-hydroxylation sites is 1. The van der Waals surface area contributed by atoms with Gasteiger partial charge in [-0.05, 0) is 30.7 Å². The Morgan fingerprint density at radius 1 is 1.04 bits per heavy atom. The summed E-state index contributed by atoms with van der Waals surface area (Å²) in [5.41, 5.74) is 2.86. The molecule has 1 aromatic heterocycles. The van der Waals surface area contributed by atoms with E-state index >= 15 is 0 Å². The molecule has 3 N–H and O–H groups in total. The van der Waals surface area contributed by atoms with Crippen LogP contribution in [0.5, 0.6) is 0 Å². The zero-order valence-corrected chi connectivity index (χ0v) is 14.0. The molecular formula is C18H16ClN3O2. The first-order valence-corrected chi connectivity index (χ1v) is 7.80. The third kappa shape index (κ3) is 2.74. The van der Waals surface area contributed by atoms with Crippen molar-refractivity contribution in [2.75, 3.05) is 12.4 Å². The Kier molecular flexibility index (Phi) is 4.27. The summed E-state index contributed by atoms with van der Waals surface area (Å²) in [7, 11) is 1.57. The highest BCUT2D eigenvalue weighted by molar-refractivity contribution is 6.39. The minimum absolute atomic E-state index is 0.202. The number of carbonyl (C=O) groups excluding carboxylic acids is 2. The van der Waals surface area contributed by atoms with E-state index < -0.39 is 0 Å². The van der Waals surface area contributed by atoms with Crippen molar-refractivity contribution in [3.63, 3.8) is 0 Å². The Balaban J connectivity index is 1.95. The third-order valence-corrected chi connectivity index (χ3v) is 4.32. The number of H-pyrrole nitrogens is 1. The summed E-state index contributed by atoms with van der Waals surface area (Å²) >= 11 is 6.31. The molecule has 0 atom stereocenters. The molecule has 0 radical (unpaired) electrons. The van der Waals surface area contributed by atoms with Crippen LogP contribution in [0.25, 0.3) is 10.9 Å². The highest BCUT2D eigenvalue weighted by Gasteiger charge is 2.18. The summed E-state index contributed by atoms with van der Waals surface area (Å²) in [6, 6.07) is 12.6. The second kappa shape index (κ2) is 6.37. The van der Waals surface area contributed by atoms with E-state index in [0.29, 0.717) is 27.5 Å². The summed E-state index contributed by atoms with van der Waals surface area (Å²) in [4.78, 5) is 27.5. The van der Waals surface area contributed by atoms with Crippen LogP contribution in [0.15, 0.2) is 42.5 Å². The molecule has 6 heteroatoms. The molecule has 0 saturated carbocycles. The quantitative estimate of drug-likeness (QED) is 0.679. The standard InChI is InChI=1S/C18H16ClN3O2/c1-10-11(17(23)20-2)7-5-9-13(10)22-18(24)16-15(19)12-6-3-4-8-14(12)21-16/h3-9,21H,1-2H3,(H,20,23)(H,22,24). The normalized spacial score (nSPS) is 10.6. The number of halogens is 1. The molecule has 0 unspecified atom stereocenters. The van der Waals surface area contributed by atoms with Crippen LogP contribution in [0.2, 0.25) is 5.02 Å². The molecule has 0 aliphatic carbocycles.